The van der Waals surface area contributed by atoms with Crippen molar-refractivity contribution < 1.29 is 0 Å². The first-order chi connectivity index (χ1) is 6.77. The lowest BCUT2D eigenvalue weighted by Crippen LogP contribution is -1.95. The quantitative estimate of drug-likeness (QED) is 0.501. The molecule has 0 bridgehead atoms. The van der Waals surface area contributed by atoms with Gasteiger partial charge in [-0.1, -0.05) is 36.4 Å². The van der Waals surface area contributed by atoms with Crippen molar-refractivity contribution in [3.8, 4) is 0 Å². The minimum Gasteiger partial charge on any atom is -0.245 e. The lowest BCUT2D eigenvalue weighted by atomic mass is 10.2. The van der Waals surface area contributed by atoms with Crippen LogP contribution in [0.4, 0.5) is 0 Å². The van der Waals surface area contributed by atoms with Crippen molar-refractivity contribution in [3.63, 3.8) is 0 Å². The molecule has 0 spiro atoms. The summed E-state index contributed by atoms with van der Waals surface area (Å²) in [6, 6.07) is 9.82. The van der Waals surface area contributed by atoms with Gasteiger partial charge in [-0.15, -0.1) is 0 Å². The molecule has 1 rings (SSSR count). The van der Waals surface area contributed by atoms with Gasteiger partial charge in [0.25, 0.3) is 0 Å². The molecule has 0 heterocycles. The Hall–Kier alpha value is -1.70. The second-order valence-corrected chi connectivity index (χ2v) is 2.89. The number of amidine groups is 1. The van der Waals surface area contributed by atoms with Crippen LogP contribution in [-0.4, -0.2) is 12.6 Å². The first-order valence-corrected chi connectivity index (χ1v) is 4.51. The van der Waals surface area contributed by atoms with E-state index in [-0.39, 0.29) is 0 Å². The molecule has 0 aromatic heterocycles. The minimum absolute atomic E-state index is 0.668. The Balaban J connectivity index is 3.05. The Labute approximate surface area is 84.7 Å². The van der Waals surface area contributed by atoms with Crippen molar-refractivity contribution in [1.29, 1.82) is 0 Å². The number of hydrogen-bond acceptors (Lipinski definition) is 1. The van der Waals surface area contributed by atoms with Crippen molar-refractivity contribution in [1.82, 2.24) is 0 Å². The molecule has 0 atom stereocenters. The van der Waals surface area contributed by atoms with Crippen LogP contribution in [-0.2, 0) is 0 Å². The molecule has 0 saturated carbocycles. The minimum atomic E-state index is 0.668. The molecule has 72 valence electrons. The summed E-state index contributed by atoms with van der Waals surface area (Å²) in [5, 5.41) is 0. The Morgan fingerprint density at radius 3 is 2.43 bits per heavy atom. The summed E-state index contributed by atoms with van der Waals surface area (Å²) in [5.74, 6) is 0.668. The molecular formula is C12H14N2. The van der Waals surface area contributed by atoms with Gasteiger partial charge in [0.05, 0.1) is 0 Å². The summed E-state index contributed by atoms with van der Waals surface area (Å²) in [6.07, 6.45) is 1.94. The van der Waals surface area contributed by atoms with Gasteiger partial charge >= 0.3 is 0 Å². The molecule has 0 fully saturated rings. The maximum absolute atomic E-state index is 4.33. The van der Waals surface area contributed by atoms with Gasteiger partial charge in [-0.3, -0.25) is 0 Å². The van der Waals surface area contributed by atoms with Gasteiger partial charge in [0, 0.05) is 11.3 Å². The highest BCUT2D eigenvalue weighted by molar-refractivity contribution is 6.01. The summed E-state index contributed by atoms with van der Waals surface area (Å²) in [6.45, 7) is 7.40. The summed E-state index contributed by atoms with van der Waals surface area (Å²) >= 11 is 0. The monoisotopic (exact) mass is 186 g/mol. The molecule has 0 radical (unpaired) electrons. The smallest absolute Gasteiger partial charge is 0.158 e. The van der Waals surface area contributed by atoms with Crippen LogP contribution in [0.2, 0.25) is 0 Å². The highest BCUT2D eigenvalue weighted by atomic mass is 14.9. The number of nitrogens with zero attached hydrogens (tertiary/aromatic N) is 2. The molecule has 1 aromatic rings. The molecule has 2 nitrogen and oxygen atoms in total. The number of aliphatic imine (C=N–C) groups is 2. The lowest BCUT2D eigenvalue weighted by Gasteiger charge is -1.99. The predicted molar refractivity (Wildman–Crippen MR) is 62.0 cm³/mol. The normalized spacial score (nSPS) is 12.7. The number of hydrogen-bond donors (Lipinski definition) is 0. The van der Waals surface area contributed by atoms with E-state index in [0.717, 1.165) is 11.3 Å². The molecule has 0 aliphatic carbocycles. The maximum atomic E-state index is 4.33. The molecule has 0 aliphatic heterocycles. The predicted octanol–water partition coefficient (Wildman–Crippen LogP) is 3.06. The first kappa shape index (κ1) is 10.4. The van der Waals surface area contributed by atoms with E-state index in [0.29, 0.717) is 5.84 Å². The Morgan fingerprint density at radius 2 is 1.93 bits per heavy atom. The van der Waals surface area contributed by atoms with Gasteiger partial charge in [-0.2, -0.15) is 0 Å². The van der Waals surface area contributed by atoms with E-state index in [1.165, 1.54) is 0 Å². The first-order valence-electron chi connectivity index (χ1n) is 4.51. The zero-order valence-corrected chi connectivity index (χ0v) is 8.57. The van der Waals surface area contributed by atoms with Crippen LogP contribution in [0.25, 0.3) is 0 Å². The average molecular weight is 186 g/mol. The summed E-state index contributed by atoms with van der Waals surface area (Å²) in [7, 11) is 0. The molecule has 0 aliphatic rings. The SMILES string of the molecule is C=N/C(=N\C(C)=C/C)c1ccccc1. The van der Waals surface area contributed by atoms with Crippen LogP contribution in [0.15, 0.2) is 52.1 Å². The number of benzene rings is 1. The third-order valence-corrected chi connectivity index (χ3v) is 1.88. The zero-order chi connectivity index (χ0) is 10.4. The van der Waals surface area contributed by atoms with Crippen molar-refractivity contribution in [2.45, 2.75) is 13.8 Å². The molecule has 0 unspecified atom stereocenters. The highest BCUT2D eigenvalue weighted by Crippen LogP contribution is 2.05. The number of allylic oxidation sites excluding steroid dienone is 2. The van der Waals surface area contributed by atoms with Crippen molar-refractivity contribution in [3.05, 3.63) is 47.7 Å². The maximum Gasteiger partial charge on any atom is 0.158 e. The van der Waals surface area contributed by atoms with Crippen LogP contribution >= 0.6 is 0 Å². The third kappa shape index (κ3) is 2.66. The Kier molecular flexibility index (Phi) is 3.80. The Morgan fingerprint density at radius 1 is 1.29 bits per heavy atom. The van der Waals surface area contributed by atoms with Gasteiger partial charge in [0.15, 0.2) is 5.84 Å². The van der Waals surface area contributed by atoms with Crippen LogP contribution in [0.1, 0.15) is 19.4 Å². The summed E-state index contributed by atoms with van der Waals surface area (Å²) in [5.41, 5.74) is 1.93. The fraction of sp³-hybridized carbons (Fsp3) is 0.167. The van der Waals surface area contributed by atoms with Crippen molar-refractivity contribution in [2.75, 3.05) is 0 Å². The van der Waals surface area contributed by atoms with Crippen LogP contribution in [0.5, 0.6) is 0 Å². The Bertz CT molecular complexity index is 361. The van der Waals surface area contributed by atoms with Crippen LogP contribution in [0, 0.1) is 0 Å². The van der Waals surface area contributed by atoms with Crippen molar-refractivity contribution >= 4 is 12.6 Å². The van der Waals surface area contributed by atoms with E-state index >= 15 is 0 Å². The number of rotatable bonds is 2. The molecule has 2 heteroatoms. The molecule has 1 aromatic carbocycles. The van der Waals surface area contributed by atoms with Crippen LogP contribution < -0.4 is 0 Å². The van der Waals surface area contributed by atoms with E-state index in [9.17, 15) is 0 Å². The van der Waals surface area contributed by atoms with Crippen LogP contribution in [0.3, 0.4) is 0 Å². The second-order valence-electron chi connectivity index (χ2n) is 2.89. The van der Waals surface area contributed by atoms with Gasteiger partial charge in [-0.25, -0.2) is 9.98 Å². The van der Waals surface area contributed by atoms with E-state index in [2.05, 4.69) is 16.7 Å². The largest absolute Gasteiger partial charge is 0.245 e. The lowest BCUT2D eigenvalue weighted by molar-refractivity contribution is 1.27. The van der Waals surface area contributed by atoms with Gasteiger partial charge in [0.2, 0.25) is 0 Å². The zero-order valence-electron chi connectivity index (χ0n) is 8.57. The molecule has 0 saturated heterocycles. The molecule has 0 N–H and O–H groups in total. The molecule has 14 heavy (non-hydrogen) atoms. The fourth-order valence-electron chi connectivity index (χ4n) is 1.01. The standard InChI is InChI=1S/C12H14N2/c1-4-10(2)14-12(13-3)11-8-6-5-7-9-11/h4-9H,3H2,1-2H3/b10-4-,14-12-. The van der Waals surface area contributed by atoms with E-state index < -0.39 is 0 Å². The van der Waals surface area contributed by atoms with E-state index in [1.807, 2.05) is 50.3 Å². The fourth-order valence-corrected chi connectivity index (χ4v) is 1.01. The van der Waals surface area contributed by atoms with Gasteiger partial charge in [0.1, 0.15) is 0 Å². The van der Waals surface area contributed by atoms with Gasteiger partial charge in [-0.05, 0) is 20.6 Å². The molecule has 0 amide bonds. The van der Waals surface area contributed by atoms with Crippen molar-refractivity contribution in [2.24, 2.45) is 9.98 Å². The third-order valence-electron chi connectivity index (χ3n) is 1.88. The summed E-state index contributed by atoms with van der Waals surface area (Å²) in [4.78, 5) is 8.24. The van der Waals surface area contributed by atoms with E-state index in [1.54, 1.807) is 0 Å². The van der Waals surface area contributed by atoms with Gasteiger partial charge < -0.3 is 0 Å². The summed E-state index contributed by atoms with van der Waals surface area (Å²) < 4.78 is 0. The second kappa shape index (κ2) is 5.12. The molecular weight excluding hydrogens is 172 g/mol. The topological polar surface area (TPSA) is 24.7 Å². The highest BCUT2D eigenvalue weighted by Gasteiger charge is 1.98. The average Bonchev–Trinajstić information content (AvgIpc) is 2.26. The van der Waals surface area contributed by atoms with E-state index in [4.69, 9.17) is 0 Å².